The van der Waals surface area contributed by atoms with Crippen LogP contribution >= 0.6 is 12.2 Å². The molecule has 0 aromatic carbocycles. The molecule has 0 aliphatic carbocycles. The molecule has 0 aliphatic heterocycles. The fourth-order valence-corrected chi connectivity index (χ4v) is 1.18. The van der Waals surface area contributed by atoms with Gasteiger partial charge in [-0.1, -0.05) is 0 Å². The van der Waals surface area contributed by atoms with E-state index in [-0.39, 0.29) is 0 Å². The molecule has 3 nitrogen and oxygen atoms in total. The number of oxazole rings is 1. The van der Waals surface area contributed by atoms with Crippen molar-refractivity contribution in [3.8, 4) is 0 Å². The Bertz CT molecular complexity index is 443. The molecule has 0 aliphatic rings. The first-order chi connectivity index (χ1) is 5.25. The summed E-state index contributed by atoms with van der Waals surface area (Å²) < 4.78 is 5.18. The molecule has 0 unspecified atom stereocenters. The van der Waals surface area contributed by atoms with Gasteiger partial charge in [-0.25, -0.2) is 4.98 Å². The predicted molar refractivity (Wildman–Crippen MR) is 42.7 cm³/mol. The van der Waals surface area contributed by atoms with Crippen molar-refractivity contribution in [2.24, 2.45) is 0 Å². The van der Waals surface area contributed by atoms with Gasteiger partial charge in [0.15, 0.2) is 0 Å². The van der Waals surface area contributed by atoms with E-state index < -0.39 is 0 Å². The second-order valence-corrected chi connectivity index (χ2v) is 2.80. The van der Waals surface area contributed by atoms with Gasteiger partial charge < -0.3 is 4.42 Å². The molecule has 11 heavy (non-hydrogen) atoms. The SMILES string of the molecule is Cc1c[nH+]c2[nH]c(=S)oc2c1. The monoisotopic (exact) mass is 167 g/mol. The van der Waals surface area contributed by atoms with Crippen LogP contribution in [0.2, 0.25) is 0 Å². The minimum absolute atomic E-state index is 0.404. The van der Waals surface area contributed by atoms with E-state index in [1.807, 2.05) is 19.2 Å². The van der Waals surface area contributed by atoms with Crippen molar-refractivity contribution in [2.45, 2.75) is 6.92 Å². The van der Waals surface area contributed by atoms with Crippen LogP contribution in [0.15, 0.2) is 16.7 Å². The van der Waals surface area contributed by atoms with Crippen molar-refractivity contribution >= 4 is 23.4 Å². The molecule has 0 fully saturated rings. The maximum atomic E-state index is 5.18. The summed E-state index contributed by atoms with van der Waals surface area (Å²) in [4.78, 5) is 6.31. The van der Waals surface area contributed by atoms with Crippen molar-refractivity contribution in [2.75, 3.05) is 0 Å². The third-order valence-corrected chi connectivity index (χ3v) is 1.66. The van der Waals surface area contributed by atoms with Gasteiger partial charge in [-0.15, -0.1) is 0 Å². The van der Waals surface area contributed by atoms with Crippen LogP contribution < -0.4 is 4.98 Å². The topological polar surface area (TPSA) is 43.1 Å². The van der Waals surface area contributed by atoms with Gasteiger partial charge in [0, 0.05) is 12.2 Å². The van der Waals surface area contributed by atoms with Gasteiger partial charge in [-0.3, -0.25) is 0 Å². The highest BCUT2D eigenvalue weighted by molar-refractivity contribution is 7.71. The van der Waals surface area contributed by atoms with Gasteiger partial charge >= 0.3 is 10.5 Å². The Morgan fingerprint density at radius 3 is 3.27 bits per heavy atom. The van der Waals surface area contributed by atoms with Crippen molar-refractivity contribution < 1.29 is 9.40 Å². The molecule has 0 radical (unpaired) electrons. The van der Waals surface area contributed by atoms with Gasteiger partial charge in [-0.2, -0.15) is 4.98 Å². The lowest BCUT2D eigenvalue weighted by atomic mass is 10.3. The van der Waals surface area contributed by atoms with E-state index in [0.29, 0.717) is 4.84 Å². The molecule has 0 spiro atoms. The maximum Gasteiger partial charge on any atom is 0.359 e. The number of aryl methyl sites for hydroxylation is 1. The Morgan fingerprint density at radius 1 is 1.64 bits per heavy atom. The molecule has 2 aromatic rings. The molecule has 0 bridgehead atoms. The Morgan fingerprint density at radius 2 is 2.45 bits per heavy atom. The van der Waals surface area contributed by atoms with Gasteiger partial charge in [0.2, 0.25) is 5.58 Å². The summed E-state index contributed by atoms with van der Waals surface area (Å²) in [6, 6.07) is 1.93. The van der Waals surface area contributed by atoms with Crippen LogP contribution in [0.5, 0.6) is 0 Å². The average molecular weight is 167 g/mol. The number of aromatic amines is 2. The van der Waals surface area contributed by atoms with Crippen molar-refractivity contribution in [1.29, 1.82) is 0 Å². The highest BCUT2D eigenvalue weighted by Crippen LogP contribution is 2.08. The van der Waals surface area contributed by atoms with Crippen molar-refractivity contribution in [3.05, 3.63) is 22.7 Å². The summed E-state index contributed by atoms with van der Waals surface area (Å²) in [5, 5.41) is 0. The van der Waals surface area contributed by atoms with Gasteiger partial charge in [0.05, 0.1) is 6.20 Å². The summed E-state index contributed by atoms with van der Waals surface area (Å²) in [5.41, 5.74) is 2.73. The Hall–Kier alpha value is -1.16. The summed E-state index contributed by atoms with van der Waals surface area (Å²) >= 11 is 4.81. The predicted octanol–water partition coefficient (Wildman–Crippen LogP) is 1.61. The standard InChI is InChI=1S/C7H6N2OS/c1-4-2-5-6(8-3-4)9-7(11)10-5/h2-3H,1H3,(H,8,9,11)/p+1. The molecule has 4 heteroatoms. The van der Waals surface area contributed by atoms with E-state index >= 15 is 0 Å². The van der Waals surface area contributed by atoms with Crippen LogP contribution in [-0.2, 0) is 0 Å². The zero-order chi connectivity index (χ0) is 7.84. The van der Waals surface area contributed by atoms with E-state index in [4.69, 9.17) is 16.6 Å². The van der Waals surface area contributed by atoms with E-state index in [1.54, 1.807) is 0 Å². The molecular formula is C7H7N2OS+. The van der Waals surface area contributed by atoms with Gasteiger partial charge in [0.25, 0.3) is 0 Å². The molecule has 0 amide bonds. The normalized spacial score (nSPS) is 10.6. The highest BCUT2D eigenvalue weighted by Gasteiger charge is 2.04. The van der Waals surface area contributed by atoms with Crippen LogP contribution in [0.25, 0.3) is 11.2 Å². The number of fused-ring (bicyclic) bond motifs is 1. The van der Waals surface area contributed by atoms with E-state index in [2.05, 4.69) is 9.97 Å². The number of rotatable bonds is 0. The van der Waals surface area contributed by atoms with Crippen LogP contribution in [0.1, 0.15) is 5.56 Å². The number of aromatic nitrogens is 2. The highest BCUT2D eigenvalue weighted by atomic mass is 32.1. The number of nitrogens with one attached hydrogen (secondary N) is 2. The third-order valence-electron chi connectivity index (χ3n) is 1.48. The fourth-order valence-electron chi connectivity index (χ4n) is 0.983. The summed E-state index contributed by atoms with van der Waals surface area (Å²) in [6.45, 7) is 1.99. The Kier molecular flexibility index (Phi) is 1.29. The molecule has 2 heterocycles. The second kappa shape index (κ2) is 2.17. The number of H-pyrrole nitrogens is 2. The summed E-state index contributed by atoms with van der Waals surface area (Å²) in [7, 11) is 0. The maximum absolute atomic E-state index is 5.18. The van der Waals surface area contributed by atoms with Gasteiger partial charge in [-0.05, 0) is 18.6 Å². The first-order valence-corrected chi connectivity index (χ1v) is 3.68. The molecule has 2 aromatic heterocycles. The van der Waals surface area contributed by atoms with Crippen LogP contribution in [0.3, 0.4) is 0 Å². The smallest absolute Gasteiger partial charge is 0.359 e. The van der Waals surface area contributed by atoms with Crippen LogP contribution in [0, 0.1) is 11.8 Å². The van der Waals surface area contributed by atoms with Crippen molar-refractivity contribution in [3.63, 3.8) is 0 Å². The number of hydrogen-bond donors (Lipinski definition) is 1. The lowest BCUT2D eigenvalue weighted by Crippen LogP contribution is -2.02. The van der Waals surface area contributed by atoms with Gasteiger partial charge in [0.1, 0.15) is 0 Å². The largest absolute Gasteiger partial charge is 0.406 e. The third kappa shape index (κ3) is 1.05. The molecular weight excluding hydrogens is 160 g/mol. The molecule has 2 N–H and O–H groups in total. The average Bonchev–Trinajstić information content (AvgIpc) is 2.27. The zero-order valence-electron chi connectivity index (χ0n) is 5.97. The lowest BCUT2D eigenvalue weighted by Gasteiger charge is -1.83. The quantitative estimate of drug-likeness (QED) is 0.606. The van der Waals surface area contributed by atoms with E-state index in [1.165, 1.54) is 0 Å². The fraction of sp³-hybridized carbons (Fsp3) is 0.143. The first kappa shape index (κ1) is 6.54. The molecule has 2 rings (SSSR count). The molecule has 56 valence electrons. The van der Waals surface area contributed by atoms with Crippen LogP contribution in [0.4, 0.5) is 0 Å². The second-order valence-electron chi connectivity index (χ2n) is 2.43. The van der Waals surface area contributed by atoms with E-state index in [0.717, 1.165) is 16.8 Å². The molecule has 0 atom stereocenters. The van der Waals surface area contributed by atoms with E-state index in [9.17, 15) is 0 Å². The van der Waals surface area contributed by atoms with Crippen molar-refractivity contribution in [1.82, 2.24) is 4.98 Å². The number of hydrogen-bond acceptors (Lipinski definition) is 2. The summed E-state index contributed by atoms with van der Waals surface area (Å²) in [6.07, 6.45) is 1.89. The lowest BCUT2D eigenvalue weighted by molar-refractivity contribution is -0.348. The Balaban J connectivity index is 2.92. The first-order valence-electron chi connectivity index (χ1n) is 3.27. The minimum atomic E-state index is 0.404. The number of pyridine rings is 1. The molecule has 0 saturated carbocycles. The van der Waals surface area contributed by atoms with Crippen LogP contribution in [-0.4, -0.2) is 4.98 Å². The Labute approximate surface area is 68.1 Å². The molecule has 0 saturated heterocycles. The minimum Gasteiger partial charge on any atom is -0.406 e. The summed E-state index contributed by atoms with van der Waals surface area (Å²) in [5.74, 6) is 0. The zero-order valence-corrected chi connectivity index (χ0v) is 6.79.